The maximum absolute atomic E-state index is 12.4. The van der Waals surface area contributed by atoms with Gasteiger partial charge in [-0.1, -0.05) is 12.1 Å². The predicted octanol–water partition coefficient (Wildman–Crippen LogP) is 3.37. The number of phenolic OH excluding ortho intramolecular Hbond substituents is 1. The molecule has 1 aromatic heterocycles. The van der Waals surface area contributed by atoms with Crippen LogP contribution in [0.2, 0.25) is 0 Å². The molecule has 30 heavy (non-hydrogen) atoms. The number of methoxy groups -OCH3 is 2. The van der Waals surface area contributed by atoms with Crippen molar-refractivity contribution in [3.63, 3.8) is 0 Å². The predicted molar refractivity (Wildman–Crippen MR) is 109 cm³/mol. The van der Waals surface area contributed by atoms with Gasteiger partial charge < -0.3 is 29.6 Å². The number of carbonyl (C=O) groups is 2. The van der Waals surface area contributed by atoms with E-state index in [0.717, 1.165) is 5.56 Å². The number of aromatic carboxylic acids is 1. The summed E-state index contributed by atoms with van der Waals surface area (Å²) in [4.78, 5) is 24.3. The number of rotatable bonds is 5. The SMILES string of the molecule is COc1ccc(-n2cc(C(=O)O)c3c2[C@H](c2ccc(O)cc2)CC(=O)N3)c(OC)c1. The Bertz CT molecular complexity index is 1130. The second-order valence-electron chi connectivity index (χ2n) is 6.91. The number of hydrogen-bond acceptors (Lipinski definition) is 5. The number of phenols is 1. The van der Waals surface area contributed by atoms with E-state index in [2.05, 4.69) is 5.32 Å². The number of nitrogens with one attached hydrogen (secondary N) is 1. The number of benzene rings is 2. The van der Waals surface area contributed by atoms with Gasteiger partial charge in [0.15, 0.2) is 0 Å². The van der Waals surface area contributed by atoms with Gasteiger partial charge in [-0.15, -0.1) is 0 Å². The van der Waals surface area contributed by atoms with Crippen LogP contribution in [0.15, 0.2) is 48.7 Å². The monoisotopic (exact) mass is 408 g/mol. The molecule has 0 aliphatic carbocycles. The highest BCUT2D eigenvalue weighted by Crippen LogP contribution is 2.43. The molecule has 3 aromatic rings. The fourth-order valence-electron chi connectivity index (χ4n) is 3.80. The Labute approximate surface area is 172 Å². The molecule has 8 nitrogen and oxygen atoms in total. The second-order valence-corrected chi connectivity index (χ2v) is 6.91. The lowest BCUT2D eigenvalue weighted by atomic mass is 9.88. The van der Waals surface area contributed by atoms with E-state index in [-0.39, 0.29) is 29.3 Å². The zero-order valence-corrected chi connectivity index (χ0v) is 16.4. The van der Waals surface area contributed by atoms with Crippen molar-refractivity contribution in [1.29, 1.82) is 0 Å². The number of anilines is 1. The van der Waals surface area contributed by atoms with Gasteiger partial charge in [0, 0.05) is 24.6 Å². The lowest BCUT2D eigenvalue weighted by molar-refractivity contribution is -0.116. The molecule has 1 amide bonds. The van der Waals surface area contributed by atoms with E-state index in [4.69, 9.17) is 9.47 Å². The van der Waals surface area contributed by atoms with Gasteiger partial charge >= 0.3 is 5.97 Å². The molecule has 1 aliphatic heterocycles. The number of nitrogens with zero attached hydrogens (tertiary/aromatic N) is 1. The summed E-state index contributed by atoms with van der Waals surface area (Å²) in [7, 11) is 3.07. The zero-order valence-electron chi connectivity index (χ0n) is 16.4. The van der Waals surface area contributed by atoms with E-state index in [1.54, 1.807) is 54.1 Å². The molecule has 1 aliphatic rings. The average Bonchev–Trinajstić information content (AvgIpc) is 3.12. The van der Waals surface area contributed by atoms with Gasteiger partial charge in [-0.2, -0.15) is 0 Å². The molecule has 0 saturated heterocycles. The van der Waals surface area contributed by atoms with E-state index >= 15 is 0 Å². The van der Waals surface area contributed by atoms with Crippen LogP contribution in [0, 0.1) is 0 Å². The molecule has 4 rings (SSSR count). The van der Waals surface area contributed by atoms with Gasteiger partial charge in [-0.3, -0.25) is 4.79 Å². The third-order valence-electron chi connectivity index (χ3n) is 5.20. The van der Waals surface area contributed by atoms with Crippen molar-refractivity contribution < 1.29 is 29.3 Å². The first-order chi connectivity index (χ1) is 14.4. The summed E-state index contributed by atoms with van der Waals surface area (Å²) in [6.45, 7) is 0. The number of ether oxygens (including phenoxy) is 2. The lowest BCUT2D eigenvalue weighted by Gasteiger charge is -2.26. The Kier molecular flexibility index (Phi) is 4.83. The van der Waals surface area contributed by atoms with Crippen LogP contribution in [0.1, 0.15) is 34.0 Å². The Balaban J connectivity index is 1.98. The molecule has 1 atom stereocenters. The van der Waals surface area contributed by atoms with Crippen molar-refractivity contribution in [2.24, 2.45) is 0 Å². The summed E-state index contributed by atoms with van der Waals surface area (Å²) >= 11 is 0. The quantitative estimate of drug-likeness (QED) is 0.597. The van der Waals surface area contributed by atoms with Crippen LogP contribution in [0.3, 0.4) is 0 Å². The topological polar surface area (TPSA) is 110 Å². The molecule has 2 aromatic carbocycles. The van der Waals surface area contributed by atoms with Crippen LogP contribution in [0.4, 0.5) is 5.69 Å². The van der Waals surface area contributed by atoms with Gasteiger partial charge in [0.05, 0.1) is 31.3 Å². The fraction of sp³-hybridized carbons (Fsp3) is 0.182. The number of amides is 1. The summed E-state index contributed by atoms with van der Waals surface area (Å²) in [5, 5.41) is 22.1. The van der Waals surface area contributed by atoms with Gasteiger partial charge in [0.25, 0.3) is 0 Å². The lowest BCUT2D eigenvalue weighted by Crippen LogP contribution is -2.25. The first kappa shape index (κ1) is 19.4. The number of aromatic hydroxyl groups is 1. The van der Waals surface area contributed by atoms with Crippen LogP contribution in [-0.4, -0.2) is 40.9 Å². The molecule has 2 heterocycles. The van der Waals surface area contributed by atoms with E-state index in [1.165, 1.54) is 13.3 Å². The molecule has 3 N–H and O–H groups in total. The Morgan fingerprint density at radius 1 is 1.13 bits per heavy atom. The van der Waals surface area contributed by atoms with Gasteiger partial charge in [0.1, 0.15) is 22.8 Å². The highest BCUT2D eigenvalue weighted by molar-refractivity contribution is 6.04. The fourth-order valence-corrected chi connectivity index (χ4v) is 3.80. The summed E-state index contributed by atoms with van der Waals surface area (Å²) < 4.78 is 12.5. The minimum atomic E-state index is -1.15. The largest absolute Gasteiger partial charge is 0.508 e. The standard InChI is InChI=1S/C22H20N2O6/c1-29-14-7-8-17(18(9-14)30-2)24-11-16(22(27)28)20-21(24)15(10-19(26)23-20)12-3-5-13(25)6-4-12/h3-9,11,15,25H,10H2,1-2H3,(H,23,26)(H,27,28)/t15-/m0/s1. The van der Waals surface area contributed by atoms with Crippen LogP contribution in [-0.2, 0) is 4.79 Å². The van der Waals surface area contributed by atoms with Gasteiger partial charge in [-0.05, 0) is 29.8 Å². The summed E-state index contributed by atoms with van der Waals surface area (Å²) in [6, 6.07) is 11.8. The van der Waals surface area contributed by atoms with E-state index < -0.39 is 11.9 Å². The number of fused-ring (bicyclic) bond motifs is 1. The molecule has 154 valence electrons. The van der Waals surface area contributed by atoms with Crippen LogP contribution in [0.25, 0.3) is 5.69 Å². The maximum Gasteiger partial charge on any atom is 0.339 e. The Morgan fingerprint density at radius 3 is 2.50 bits per heavy atom. The van der Waals surface area contributed by atoms with Crippen molar-refractivity contribution >= 4 is 17.6 Å². The number of carboxylic acid groups (broad SMARTS) is 1. The zero-order chi connectivity index (χ0) is 21.4. The second kappa shape index (κ2) is 7.47. The third-order valence-corrected chi connectivity index (χ3v) is 5.20. The smallest absolute Gasteiger partial charge is 0.339 e. The number of hydrogen-bond donors (Lipinski definition) is 3. The van der Waals surface area contributed by atoms with Crippen molar-refractivity contribution in [1.82, 2.24) is 4.57 Å². The normalized spacial score (nSPS) is 15.3. The molecule has 8 heteroatoms. The molecule has 0 saturated carbocycles. The van der Waals surface area contributed by atoms with E-state index in [9.17, 15) is 19.8 Å². The van der Waals surface area contributed by atoms with Crippen molar-refractivity contribution in [2.75, 3.05) is 19.5 Å². The Hall–Kier alpha value is -3.94. The van der Waals surface area contributed by atoms with Gasteiger partial charge in [-0.25, -0.2) is 4.79 Å². The van der Waals surface area contributed by atoms with Gasteiger partial charge in [0.2, 0.25) is 5.91 Å². The van der Waals surface area contributed by atoms with Crippen LogP contribution < -0.4 is 14.8 Å². The van der Waals surface area contributed by atoms with Crippen molar-refractivity contribution in [2.45, 2.75) is 12.3 Å². The minimum Gasteiger partial charge on any atom is -0.508 e. The van der Waals surface area contributed by atoms with E-state index in [0.29, 0.717) is 22.9 Å². The maximum atomic E-state index is 12.4. The molecule has 0 spiro atoms. The number of aromatic nitrogens is 1. The van der Waals surface area contributed by atoms with Crippen LogP contribution >= 0.6 is 0 Å². The van der Waals surface area contributed by atoms with E-state index in [1.807, 2.05) is 0 Å². The Morgan fingerprint density at radius 2 is 1.87 bits per heavy atom. The molecular weight excluding hydrogens is 388 g/mol. The first-order valence-electron chi connectivity index (χ1n) is 9.22. The summed E-state index contributed by atoms with van der Waals surface area (Å²) in [5.74, 6) is -0.637. The molecule has 0 bridgehead atoms. The molecule has 0 radical (unpaired) electrons. The molecule has 0 unspecified atom stereocenters. The number of carbonyl (C=O) groups excluding carboxylic acids is 1. The number of carboxylic acids is 1. The highest BCUT2D eigenvalue weighted by atomic mass is 16.5. The van der Waals surface area contributed by atoms with Crippen molar-refractivity contribution in [3.8, 4) is 22.9 Å². The van der Waals surface area contributed by atoms with Crippen molar-refractivity contribution in [3.05, 3.63) is 65.5 Å². The molecule has 0 fully saturated rings. The molecular formula is C22H20N2O6. The summed E-state index contributed by atoms with van der Waals surface area (Å²) in [5.41, 5.74) is 2.27. The van der Waals surface area contributed by atoms with Crippen LogP contribution in [0.5, 0.6) is 17.2 Å². The average molecular weight is 408 g/mol. The first-order valence-corrected chi connectivity index (χ1v) is 9.22. The highest BCUT2D eigenvalue weighted by Gasteiger charge is 2.35. The third kappa shape index (κ3) is 3.22. The minimum absolute atomic E-state index is 0.0142. The summed E-state index contributed by atoms with van der Waals surface area (Å²) in [6.07, 6.45) is 1.62.